The summed E-state index contributed by atoms with van der Waals surface area (Å²) in [5.74, 6) is -0.128. The van der Waals surface area contributed by atoms with Crippen LogP contribution in [0.4, 0.5) is 13.2 Å². The van der Waals surface area contributed by atoms with E-state index in [2.05, 4.69) is 20.4 Å². The number of nitrogens with zero attached hydrogens (tertiary/aromatic N) is 1. The van der Waals surface area contributed by atoms with Gasteiger partial charge in [0.15, 0.2) is 5.96 Å². The summed E-state index contributed by atoms with van der Waals surface area (Å²) in [6.07, 6.45) is -3.92. The number of ether oxygens (including phenoxy) is 2. The number of para-hydroxylation sites is 1. The molecule has 0 aromatic heterocycles. The number of nitrogens with one attached hydrogen (secondary N) is 2. The summed E-state index contributed by atoms with van der Waals surface area (Å²) in [5.41, 5.74) is 0.342. The Bertz CT molecular complexity index is 583. The third kappa shape index (κ3) is 10.3. The molecule has 0 unspecified atom stereocenters. The number of alkyl halides is 3. The van der Waals surface area contributed by atoms with Crippen molar-refractivity contribution in [2.24, 2.45) is 4.99 Å². The van der Waals surface area contributed by atoms with Crippen LogP contribution in [0.15, 0.2) is 29.3 Å². The second-order valence-electron chi connectivity index (χ2n) is 4.92. The van der Waals surface area contributed by atoms with Gasteiger partial charge in [0, 0.05) is 32.1 Å². The summed E-state index contributed by atoms with van der Waals surface area (Å²) in [6.45, 7) is 2.65. The highest BCUT2D eigenvalue weighted by atomic mass is 127. The van der Waals surface area contributed by atoms with Crippen molar-refractivity contribution in [2.75, 3.05) is 20.2 Å². The van der Waals surface area contributed by atoms with Crippen molar-refractivity contribution in [2.45, 2.75) is 32.7 Å². The molecule has 0 aliphatic carbocycles. The van der Waals surface area contributed by atoms with Crippen LogP contribution < -0.4 is 15.4 Å². The zero-order chi connectivity index (χ0) is 18.7. The molecule has 0 fully saturated rings. The molecule has 0 aliphatic heterocycles. The van der Waals surface area contributed by atoms with E-state index in [1.165, 1.54) is 18.2 Å². The molecule has 6 nitrogen and oxygen atoms in total. The first kappa shape index (κ1) is 24.3. The molecule has 0 bridgehead atoms. The first-order valence-electron chi connectivity index (χ1n) is 7.79. The van der Waals surface area contributed by atoms with Crippen LogP contribution in [-0.4, -0.2) is 38.5 Å². The van der Waals surface area contributed by atoms with Crippen LogP contribution in [0.2, 0.25) is 0 Å². The van der Waals surface area contributed by atoms with Crippen molar-refractivity contribution in [3.05, 3.63) is 29.8 Å². The second-order valence-corrected chi connectivity index (χ2v) is 4.92. The van der Waals surface area contributed by atoms with E-state index in [1.54, 1.807) is 20.0 Å². The number of carbonyl (C=O) groups is 1. The van der Waals surface area contributed by atoms with Crippen molar-refractivity contribution in [1.82, 2.24) is 10.6 Å². The summed E-state index contributed by atoms with van der Waals surface area (Å²) in [6, 6.07) is 5.87. The Morgan fingerprint density at radius 2 is 1.92 bits per heavy atom. The van der Waals surface area contributed by atoms with Gasteiger partial charge >= 0.3 is 12.3 Å². The molecule has 0 aliphatic rings. The van der Waals surface area contributed by atoms with Gasteiger partial charge in [-0.05, 0) is 19.4 Å². The number of hydrogen-bond acceptors (Lipinski definition) is 4. The molecule has 26 heavy (non-hydrogen) atoms. The van der Waals surface area contributed by atoms with Crippen molar-refractivity contribution >= 4 is 35.9 Å². The first-order chi connectivity index (χ1) is 11.9. The summed E-state index contributed by atoms with van der Waals surface area (Å²) in [7, 11) is 1.54. The molecular formula is C16H23F3IN3O3. The van der Waals surface area contributed by atoms with Crippen LogP contribution in [0, 0.1) is 0 Å². The minimum absolute atomic E-state index is 0. The zero-order valence-electron chi connectivity index (χ0n) is 14.6. The quantitative estimate of drug-likeness (QED) is 0.193. The minimum atomic E-state index is -4.75. The van der Waals surface area contributed by atoms with Crippen LogP contribution in [-0.2, 0) is 16.1 Å². The maximum absolute atomic E-state index is 12.4. The smallest absolute Gasteiger partial charge is 0.466 e. The van der Waals surface area contributed by atoms with Gasteiger partial charge in [0.1, 0.15) is 5.75 Å². The van der Waals surface area contributed by atoms with E-state index in [-0.39, 0.29) is 48.7 Å². The fraction of sp³-hybridized carbons (Fsp3) is 0.500. The molecule has 1 aromatic rings. The Morgan fingerprint density at radius 1 is 1.23 bits per heavy atom. The Kier molecular flexibility index (Phi) is 11.8. The highest BCUT2D eigenvalue weighted by Crippen LogP contribution is 2.25. The third-order valence-electron chi connectivity index (χ3n) is 3.02. The molecule has 0 amide bonds. The number of benzene rings is 1. The highest BCUT2D eigenvalue weighted by Gasteiger charge is 2.31. The van der Waals surface area contributed by atoms with Gasteiger partial charge in [0.2, 0.25) is 0 Å². The first-order valence-corrected chi connectivity index (χ1v) is 7.79. The van der Waals surface area contributed by atoms with E-state index in [9.17, 15) is 18.0 Å². The molecule has 10 heteroatoms. The van der Waals surface area contributed by atoms with Gasteiger partial charge in [-0.25, -0.2) is 0 Å². The Balaban J connectivity index is 0.00000625. The lowest BCUT2D eigenvalue weighted by Gasteiger charge is -2.15. The van der Waals surface area contributed by atoms with Crippen LogP contribution in [0.25, 0.3) is 0 Å². The average molecular weight is 489 g/mol. The summed E-state index contributed by atoms with van der Waals surface area (Å²) in [5, 5.41) is 5.87. The summed E-state index contributed by atoms with van der Waals surface area (Å²) >= 11 is 0. The predicted molar refractivity (Wildman–Crippen MR) is 103 cm³/mol. The molecular weight excluding hydrogens is 466 g/mol. The molecule has 0 radical (unpaired) electrons. The molecule has 0 spiro atoms. The summed E-state index contributed by atoms with van der Waals surface area (Å²) < 4.78 is 46.0. The van der Waals surface area contributed by atoms with Gasteiger partial charge in [-0.15, -0.1) is 37.1 Å². The number of aliphatic imine (C=N–C) groups is 1. The van der Waals surface area contributed by atoms with E-state index in [4.69, 9.17) is 4.74 Å². The number of rotatable bonds is 8. The molecule has 0 saturated carbocycles. The van der Waals surface area contributed by atoms with E-state index in [0.29, 0.717) is 31.1 Å². The number of hydrogen-bond donors (Lipinski definition) is 2. The van der Waals surface area contributed by atoms with Crippen LogP contribution in [0.3, 0.4) is 0 Å². The van der Waals surface area contributed by atoms with Crippen molar-refractivity contribution in [3.63, 3.8) is 0 Å². The molecule has 1 rings (SSSR count). The Morgan fingerprint density at radius 3 is 2.54 bits per heavy atom. The predicted octanol–water partition coefficient (Wildman–Crippen LogP) is 3.21. The third-order valence-corrected chi connectivity index (χ3v) is 3.02. The molecule has 0 saturated heterocycles. The van der Waals surface area contributed by atoms with Gasteiger partial charge in [0.25, 0.3) is 0 Å². The number of carbonyl (C=O) groups excluding carboxylic acids is 1. The zero-order valence-corrected chi connectivity index (χ0v) is 16.9. The topological polar surface area (TPSA) is 72.0 Å². The van der Waals surface area contributed by atoms with E-state index in [0.717, 1.165) is 0 Å². The maximum atomic E-state index is 12.4. The van der Waals surface area contributed by atoms with Gasteiger partial charge in [-0.2, -0.15) is 0 Å². The standard InChI is InChI=1S/C16H22F3N3O3.HI/c1-3-24-14(23)9-6-10-21-15(20-2)22-11-12-7-4-5-8-13(12)25-16(17,18)19;/h4-5,7-8H,3,6,9-11H2,1-2H3,(H2,20,21,22);1H. The normalized spacial score (nSPS) is 11.3. The van der Waals surface area contributed by atoms with Gasteiger partial charge in [-0.1, -0.05) is 18.2 Å². The van der Waals surface area contributed by atoms with Crippen LogP contribution in [0.5, 0.6) is 5.75 Å². The number of guanidine groups is 1. The fourth-order valence-electron chi connectivity index (χ4n) is 1.95. The Hall–Kier alpha value is -1.72. The Labute approximate surface area is 167 Å². The average Bonchev–Trinajstić information content (AvgIpc) is 2.54. The minimum Gasteiger partial charge on any atom is -0.466 e. The number of esters is 1. The van der Waals surface area contributed by atoms with E-state index >= 15 is 0 Å². The SMILES string of the molecule is CCOC(=O)CCCNC(=NC)NCc1ccccc1OC(F)(F)F.I. The largest absolute Gasteiger partial charge is 0.573 e. The van der Waals surface area contributed by atoms with Crippen LogP contribution in [0.1, 0.15) is 25.3 Å². The van der Waals surface area contributed by atoms with Crippen molar-refractivity contribution in [1.29, 1.82) is 0 Å². The highest BCUT2D eigenvalue weighted by molar-refractivity contribution is 14.0. The monoisotopic (exact) mass is 489 g/mol. The van der Waals surface area contributed by atoms with Crippen molar-refractivity contribution in [3.8, 4) is 5.75 Å². The van der Waals surface area contributed by atoms with Gasteiger partial charge in [-0.3, -0.25) is 9.79 Å². The molecule has 148 valence electrons. The lowest BCUT2D eigenvalue weighted by atomic mass is 10.2. The summed E-state index contributed by atoms with van der Waals surface area (Å²) in [4.78, 5) is 15.2. The second kappa shape index (κ2) is 12.6. The van der Waals surface area contributed by atoms with E-state index in [1.807, 2.05) is 0 Å². The molecule has 0 heterocycles. The molecule has 0 atom stereocenters. The van der Waals surface area contributed by atoms with Gasteiger partial charge in [0.05, 0.1) is 6.61 Å². The maximum Gasteiger partial charge on any atom is 0.573 e. The van der Waals surface area contributed by atoms with E-state index < -0.39 is 6.36 Å². The fourth-order valence-corrected chi connectivity index (χ4v) is 1.95. The van der Waals surface area contributed by atoms with Crippen molar-refractivity contribution < 1.29 is 27.4 Å². The lowest BCUT2D eigenvalue weighted by molar-refractivity contribution is -0.274. The van der Waals surface area contributed by atoms with Crippen LogP contribution >= 0.6 is 24.0 Å². The molecule has 2 N–H and O–H groups in total. The van der Waals surface area contributed by atoms with Gasteiger partial charge < -0.3 is 20.1 Å². The molecule has 1 aromatic carbocycles. The lowest BCUT2D eigenvalue weighted by Crippen LogP contribution is -2.37. The number of halogens is 4.